The molecule has 4 rings (SSSR count). The van der Waals surface area contributed by atoms with Crippen LogP contribution in [0, 0.1) is 0 Å². The number of rotatable bonds is 7. The Morgan fingerprint density at radius 2 is 2.10 bits per heavy atom. The highest BCUT2D eigenvalue weighted by Gasteiger charge is 2.31. The van der Waals surface area contributed by atoms with Crippen LogP contribution in [-0.2, 0) is 25.8 Å². The second kappa shape index (κ2) is 10.0. The molecule has 1 unspecified atom stereocenters. The van der Waals surface area contributed by atoms with E-state index in [1.165, 1.54) is 24.1 Å². The summed E-state index contributed by atoms with van der Waals surface area (Å²) < 4.78 is 2.00. The Balaban J connectivity index is 1.46. The summed E-state index contributed by atoms with van der Waals surface area (Å²) in [6.45, 7) is 7.16. The molecule has 160 valence electrons. The van der Waals surface area contributed by atoms with Gasteiger partial charge in [0.15, 0.2) is 5.69 Å². The van der Waals surface area contributed by atoms with E-state index in [0.717, 1.165) is 63.7 Å². The minimum Gasteiger partial charge on any atom is -0.337 e. The molecule has 30 heavy (non-hydrogen) atoms. The number of allylic oxidation sites excluding steroid dienone is 1. The highest BCUT2D eigenvalue weighted by Crippen LogP contribution is 2.27. The van der Waals surface area contributed by atoms with Gasteiger partial charge in [0.2, 0.25) is 0 Å². The van der Waals surface area contributed by atoms with Gasteiger partial charge in [0.1, 0.15) is 0 Å². The zero-order valence-electron chi connectivity index (χ0n) is 17.9. The number of carbonyl (C=O) groups excluding carboxylic acids is 1. The molecule has 0 radical (unpaired) electrons. The van der Waals surface area contributed by atoms with E-state index >= 15 is 0 Å². The zero-order valence-corrected chi connectivity index (χ0v) is 17.9. The van der Waals surface area contributed by atoms with Gasteiger partial charge in [-0.3, -0.25) is 14.5 Å². The lowest BCUT2D eigenvalue weighted by Crippen LogP contribution is -2.37. The fourth-order valence-electron chi connectivity index (χ4n) is 4.70. The molecule has 1 aliphatic heterocycles. The predicted octanol–water partition coefficient (Wildman–Crippen LogP) is 3.17. The molecule has 6 nitrogen and oxygen atoms in total. The van der Waals surface area contributed by atoms with E-state index in [0.29, 0.717) is 18.3 Å². The quantitative estimate of drug-likeness (QED) is 0.716. The summed E-state index contributed by atoms with van der Waals surface area (Å²) in [6, 6.07) is 4.48. The van der Waals surface area contributed by atoms with Crippen LogP contribution in [0.25, 0.3) is 0 Å². The predicted molar refractivity (Wildman–Crippen MR) is 119 cm³/mol. The molecule has 0 spiro atoms. The van der Waals surface area contributed by atoms with Crippen molar-refractivity contribution in [3.8, 4) is 0 Å². The smallest absolute Gasteiger partial charge is 0.274 e. The first-order valence-electron chi connectivity index (χ1n) is 11.4. The monoisotopic (exact) mass is 407 g/mol. The molecule has 1 saturated heterocycles. The number of pyridine rings is 1. The molecule has 2 aromatic heterocycles. The normalized spacial score (nSPS) is 19.2. The SMILES string of the molecule is C=CCn1nc(C(=O)N2CCCCCC2)c2c1CCC(NCCc1cccnc1)C2. The topological polar surface area (TPSA) is 63.1 Å². The molecule has 0 bridgehead atoms. The van der Waals surface area contributed by atoms with Gasteiger partial charge in [-0.25, -0.2) is 0 Å². The van der Waals surface area contributed by atoms with Crippen LogP contribution >= 0.6 is 0 Å². The third kappa shape index (κ3) is 4.81. The van der Waals surface area contributed by atoms with Gasteiger partial charge in [-0.1, -0.05) is 25.0 Å². The number of fused-ring (bicyclic) bond motifs is 1. The van der Waals surface area contributed by atoms with Crippen molar-refractivity contribution in [2.24, 2.45) is 0 Å². The van der Waals surface area contributed by atoms with Crippen molar-refractivity contribution in [1.82, 2.24) is 25.0 Å². The van der Waals surface area contributed by atoms with Gasteiger partial charge < -0.3 is 10.2 Å². The zero-order chi connectivity index (χ0) is 20.8. The molecule has 1 fully saturated rings. The molecular weight excluding hydrogens is 374 g/mol. The summed E-state index contributed by atoms with van der Waals surface area (Å²) in [5.74, 6) is 0.118. The molecule has 1 amide bonds. The standard InChI is InChI=1S/C24H33N5O/c1-2-14-29-22-10-9-20(26-13-11-19-8-7-12-25-18-19)17-21(22)23(27-29)24(30)28-15-5-3-4-6-16-28/h2,7-8,12,18,20,26H,1,3-6,9-11,13-17H2. The third-order valence-electron chi connectivity index (χ3n) is 6.31. The highest BCUT2D eigenvalue weighted by molar-refractivity contribution is 5.94. The first kappa shape index (κ1) is 20.8. The average molecular weight is 408 g/mol. The van der Waals surface area contributed by atoms with Crippen LogP contribution in [0.15, 0.2) is 37.2 Å². The van der Waals surface area contributed by atoms with Crippen molar-refractivity contribution >= 4 is 5.91 Å². The van der Waals surface area contributed by atoms with Gasteiger partial charge in [-0.15, -0.1) is 6.58 Å². The Bertz CT molecular complexity index is 852. The summed E-state index contributed by atoms with van der Waals surface area (Å²) in [5, 5.41) is 8.47. The van der Waals surface area contributed by atoms with Crippen LogP contribution in [0.2, 0.25) is 0 Å². The first-order chi connectivity index (χ1) is 14.8. The fourth-order valence-corrected chi connectivity index (χ4v) is 4.70. The summed E-state index contributed by atoms with van der Waals surface area (Å²) in [6.07, 6.45) is 14.1. The van der Waals surface area contributed by atoms with Crippen LogP contribution in [0.5, 0.6) is 0 Å². The van der Waals surface area contributed by atoms with Crippen molar-refractivity contribution in [3.63, 3.8) is 0 Å². The molecule has 0 saturated carbocycles. The van der Waals surface area contributed by atoms with Crippen LogP contribution in [-0.4, -0.2) is 51.2 Å². The maximum Gasteiger partial charge on any atom is 0.274 e. The maximum absolute atomic E-state index is 13.3. The van der Waals surface area contributed by atoms with Gasteiger partial charge in [-0.05, 0) is 56.7 Å². The number of aromatic nitrogens is 3. The van der Waals surface area contributed by atoms with E-state index in [4.69, 9.17) is 5.10 Å². The summed E-state index contributed by atoms with van der Waals surface area (Å²) in [7, 11) is 0. The largest absolute Gasteiger partial charge is 0.337 e. The van der Waals surface area contributed by atoms with Gasteiger partial charge >= 0.3 is 0 Å². The van der Waals surface area contributed by atoms with E-state index < -0.39 is 0 Å². The third-order valence-corrected chi connectivity index (χ3v) is 6.31. The van der Waals surface area contributed by atoms with E-state index in [1.54, 1.807) is 0 Å². The molecule has 6 heteroatoms. The van der Waals surface area contributed by atoms with E-state index in [-0.39, 0.29) is 5.91 Å². The van der Waals surface area contributed by atoms with Crippen LogP contribution in [0.1, 0.15) is 59.4 Å². The van der Waals surface area contributed by atoms with Crippen molar-refractivity contribution in [2.75, 3.05) is 19.6 Å². The molecule has 2 aliphatic rings. The minimum atomic E-state index is 0.118. The second-order valence-corrected chi connectivity index (χ2v) is 8.46. The Morgan fingerprint density at radius 1 is 1.27 bits per heavy atom. The number of nitrogens with one attached hydrogen (secondary N) is 1. The van der Waals surface area contributed by atoms with E-state index in [2.05, 4.69) is 22.9 Å². The molecule has 2 aromatic rings. The molecule has 1 N–H and O–H groups in total. The number of hydrogen-bond acceptors (Lipinski definition) is 4. The van der Waals surface area contributed by atoms with E-state index in [1.807, 2.05) is 34.1 Å². The number of amides is 1. The van der Waals surface area contributed by atoms with Crippen LogP contribution in [0.3, 0.4) is 0 Å². The number of carbonyl (C=O) groups is 1. The molecular formula is C24H33N5O. The lowest BCUT2D eigenvalue weighted by Gasteiger charge is -2.25. The van der Waals surface area contributed by atoms with Crippen LogP contribution < -0.4 is 5.32 Å². The average Bonchev–Trinajstić information content (AvgIpc) is 2.93. The van der Waals surface area contributed by atoms with Gasteiger partial charge in [0, 0.05) is 42.8 Å². The van der Waals surface area contributed by atoms with Crippen molar-refractivity contribution < 1.29 is 4.79 Å². The van der Waals surface area contributed by atoms with Gasteiger partial charge in [0.25, 0.3) is 5.91 Å². The minimum absolute atomic E-state index is 0.118. The first-order valence-corrected chi connectivity index (χ1v) is 11.4. The number of likely N-dealkylation sites (tertiary alicyclic amines) is 1. The lowest BCUT2D eigenvalue weighted by molar-refractivity contribution is 0.0753. The molecule has 0 aromatic carbocycles. The van der Waals surface area contributed by atoms with Crippen molar-refractivity contribution in [3.05, 3.63) is 59.7 Å². The van der Waals surface area contributed by atoms with Crippen molar-refractivity contribution in [1.29, 1.82) is 0 Å². The lowest BCUT2D eigenvalue weighted by atomic mass is 9.91. The Morgan fingerprint density at radius 3 is 2.83 bits per heavy atom. The van der Waals surface area contributed by atoms with Gasteiger partial charge in [-0.2, -0.15) is 5.10 Å². The Hall–Kier alpha value is -2.47. The second-order valence-electron chi connectivity index (χ2n) is 8.46. The summed E-state index contributed by atoms with van der Waals surface area (Å²) in [5.41, 5.74) is 4.29. The number of hydrogen-bond donors (Lipinski definition) is 1. The van der Waals surface area contributed by atoms with Gasteiger partial charge in [0.05, 0.1) is 6.54 Å². The maximum atomic E-state index is 13.3. The fraction of sp³-hybridized carbons (Fsp3) is 0.542. The molecule has 1 aliphatic carbocycles. The Labute approximate surface area is 179 Å². The van der Waals surface area contributed by atoms with E-state index in [9.17, 15) is 4.79 Å². The Kier molecular flexibility index (Phi) is 6.95. The number of nitrogens with zero attached hydrogens (tertiary/aromatic N) is 4. The molecule has 3 heterocycles. The van der Waals surface area contributed by atoms with Crippen molar-refractivity contribution in [2.45, 2.75) is 64.0 Å². The summed E-state index contributed by atoms with van der Waals surface area (Å²) in [4.78, 5) is 19.6. The van der Waals surface area contributed by atoms with Crippen LogP contribution in [0.4, 0.5) is 0 Å². The highest BCUT2D eigenvalue weighted by atomic mass is 16.2. The summed E-state index contributed by atoms with van der Waals surface area (Å²) >= 11 is 0. The molecule has 1 atom stereocenters.